The number of hydrogen-bond donors (Lipinski definition) is 0. The summed E-state index contributed by atoms with van der Waals surface area (Å²) in [6.45, 7) is 3.16. The van der Waals surface area contributed by atoms with Crippen LogP contribution in [-0.4, -0.2) is 61.4 Å². The fraction of sp³-hybridized carbons (Fsp3) is 0.333. The number of ketones is 1. The molecule has 158 valence electrons. The van der Waals surface area contributed by atoms with E-state index in [-0.39, 0.29) is 24.0 Å². The third-order valence-electron chi connectivity index (χ3n) is 4.97. The van der Waals surface area contributed by atoms with Gasteiger partial charge in [-0.05, 0) is 31.2 Å². The van der Waals surface area contributed by atoms with Gasteiger partial charge < -0.3 is 19.3 Å². The van der Waals surface area contributed by atoms with Crippen molar-refractivity contribution >= 4 is 23.1 Å². The molecule has 0 N–H and O–H groups in total. The summed E-state index contributed by atoms with van der Waals surface area (Å²) in [6.07, 6.45) is 0. The average Bonchev–Trinajstić information content (AvgIpc) is 2.77. The Hall–Kier alpha value is -3.62. The van der Waals surface area contributed by atoms with Gasteiger partial charge in [-0.1, -0.05) is 12.1 Å². The van der Waals surface area contributed by atoms with Gasteiger partial charge in [-0.25, -0.2) is 0 Å². The smallest absolute Gasteiger partial charge is 0.292 e. The van der Waals surface area contributed by atoms with Crippen LogP contribution >= 0.6 is 0 Å². The number of para-hydroxylation sites is 2. The molecule has 0 radical (unpaired) electrons. The summed E-state index contributed by atoms with van der Waals surface area (Å²) in [7, 11) is 1.47. The van der Waals surface area contributed by atoms with Crippen LogP contribution in [0.5, 0.6) is 11.5 Å². The normalized spacial score (nSPS) is 13.7. The van der Waals surface area contributed by atoms with Gasteiger partial charge in [-0.3, -0.25) is 19.7 Å². The molecule has 1 aliphatic heterocycles. The maximum Gasteiger partial charge on any atom is 0.292 e. The van der Waals surface area contributed by atoms with Crippen LogP contribution in [0, 0.1) is 10.1 Å². The Balaban J connectivity index is 1.58. The molecule has 1 aliphatic rings. The second-order valence-corrected chi connectivity index (χ2v) is 6.82. The predicted octanol–water partition coefficient (Wildman–Crippen LogP) is 2.53. The molecule has 1 heterocycles. The molecule has 0 spiro atoms. The number of carbonyl (C=O) groups excluding carboxylic acids is 2. The summed E-state index contributed by atoms with van der Waals surface area (Å²) in [4.78, 5) is 38.4. The molecular weight excluding hydrogens is 390 g/mol. The Bertz CT molecular complexity index is 954. The molecule has 0 aliphatic carbocycles. The second-order valence-electron chi connectivity index (χ2n) is 6.82. The number of hydrogen-bond acceptors (Lipinski definition) is 7. The predicted molar refractivity (Wildman–Crippen MR) is 110 cm³/mol. The number of anilines is 1. The topological polar surface area (TPSA) is 102 Å². The molecule has 0 saturated carbocycles. The van der Waals surface area contributed by atoms with E-state index in [1.807, 2.05) is 4.90 Å². The maximum atomic E-state index is 12.5. The van der Waals surface area contributed by atoms with Crippen LogP contribution in [0.25, 0.3) is 0 Å². The highest BCUT2D eigenvalue weighted by atomic mass is 16.6. The van der Waals surface area contributed by atoms with Crippen molar-refractivity contribution in [1.82, 2.24) is 4.90 Å². The lowest BCUT2D eigenvalue weighted by atomic mass is 10.1. The number of nitrogens with zero attached hydrogens (tertiary/aromatic N) is 3. The summed E-state index contributed by atoms with van der Waals surface area (Å²) in [5.74, 6) is 0.494. The summed E-state index contributed by atoms with van der Waals surface area (Å²) in [6, 6.07) is 11.4. The molecule has 2 aromatic carbocycles. The summed E-state index contributed by atoms with van der Waals surface area (Å²) >= 11 is 0. The molecule has 2 aromatic rings. The van der Waals surface area contributed by atoms with E-state index < -0.39 is 4.92 Å². The van der Waals surface area contributed by atoms with Crippen molar-refractivity contribution in [2.24, 2.45) is 0 Å². The van der Waals surface area contributed by atoms with Crippen LogP contribution in [-0.2, 0) is 4.79 Å². The van der Waals surface area contributed by atoms with E-state index in [0.29, 0.717) is 48.9 Å². The van der Waals surface area contributed by atoms with Gasteiger partial charge >= 0.3 is 0 Å². The molecule has 30 heavy (non-hydrogen) atoms. The fourth-order valence-corrected chi connectivity index (χ4v) is 3.32. The Morgan fingerprint density at radius 3 is 2.40 bits per heavy atom. The van der Waals surface area contributed by atoms with Crippen LogP contribution < -0.4 is 14.4 Å². The highest BCUT2D eigenvalue weighted by Gasteiger charge is 2.25. The molecule has 0 bridgehead atoms. The van der Waals surface area contributed by atoms with Gasteiger partial charge in [0.2, 0.25) is 0 Å². The Morgan fingerprint density at radius 1 is 1.07 bits per heavy atom. The zero-order valence-corrected chi connectivity index (χ0v) is 16.9. The zero-order chi connectivity index (χ0) is 21.7. The number of rotatable bonds is 7. The lowest BCUT2D eigenvalue weighted by Gasteiger charge is -2.35. The number of nitro groups is 1. The fourth-order valence-electron chi connectivity index (χ4n) is 3.32. The maximum absolute atomic E-state index is 12.5. The van der Waals surface area contributed by atoms with Crippen molar-refractivity contribution in [3.8, 4) is 11.5 Å². The zero-order valence-electron chi connectivity index (χ0n) is 16.9. The number of amides is 1. The molecule has 0 atom stereocenters. The minimum absolute atomic E-state index is 0.0571. The number of benzene rings is 2. The van der Waals surface area contributed by atoms with Gasteiger partial charge in [0, 0.05) is 37.8 Å². The average molecular weight is 413 g/mol. The largest absolute Gasteiger partial charge is 0.493 e. The van der Waals surface area contributed by atoms with Crippen molar-refractivity contribution in [2.75, 3.05) is 44.8 Å². The number of carbonyl (C=O) groups is 2. The van der Waals surface area contributed by atoms with E-state index in [0.717, 1.165) is 0 Å². The first kappa shape index (κ1) is 21.1. The van der Waals surface area contributed by atoms with E-state index in [1.54, 1.807) is 41.3 Å². The first-order valence-electron chi connectivity index (χ1n) is 9.48. The number of nitro benzene ring substituents is 1. The van der Waals surface area contributed by atoms with Crippen LogP contribution in [0.2, 0.25) is 0 Å². The summed E-state index contributed by atoms with van der Waals surface area (Å²) in [5.41, 5.74) is 1.11. The third kappa shape index (κ3) is 4.68. The van der Waals surface area contributed by atoms with Gasteiger partial charge in [0.05, 0.1) is 12.0 Å². The molecule has 1 fully saturated rings. The molecule has 0 aromatic heterocycles. The second kappa shape index (κ2) is 9.25. The van der Waals surface area contributed by atoms with Crippen LogP contribution in [0.15, 0.2) is 42.5 Å². The lowest BCUT2D eigenvalue weighted by Crippen LogP contribution is -2.50. The number of methoxy groups -OCH3 is 1. The van der Waals surface area contributed by atoms with Gasteiger partial charge in [-0.2, -0.15) is 0 Å². The van der Waals surface area contributed by atoms with Crippen molar-refractivity contribution in [3.63, 3.8) is 0 Å². The number of piperazine rings is 1. The highest BCUT2D eigenvalue weighted by Crippen LogP contribution is 2.29. The molecular formula is C21H23N3O6. The summed E-state index contributed by atoms with van der Waals surface area (Å²) < 4.78 is 10.9. The van der Waals surface area contributed by atoms with Crippen molar-refractivity contribution in [3.05, 3.63) is 58.1 Å². The van der Waals surface area contributed by atoms with Crippen molar-refractivity contribution < 1.29 is 24.0 Å². The first-order chi connectivity index (χ1) is 14.4. The van der Waals surface area contributed by atoms with Crippen molar-refractivity contribution in [1.29, 1.82) is 0 Å². The molecule has 3 rings (SSSR count). The Morgan fingerprint density at radius 2 is 1.77 bits per heavy atom. The van der Waals surface area contributed by atoms with Gasteiger partial charge in [0.25, 0.3) is 11.6 Å². The van der Waals surface area contributed by atoms with E-state index >= 15 is 0 Å². The summed E-state index contributed by atoms with van der Waals surface area (Å²) in [5, 5.41) is 11.2. The van der Waals surface area contributed by atoms with Gasteiger partial charge in [-0.15, -0.1) is 0 Å². The number of ether oxygens (including phenoxy) is 2. The monoisotopic (exact) mass is 413 g/mol. The minimum Gasteiger partial charge on any atom is -0.493 e. The molecule has 9 heteroatoms. The minimum atomic E-state index is -0.397. The van der Waals surface area contributed by atoms with E-state index in [1.165, 1.54) is 20.1 Å². The highest BCUT2D eigenvalue weighted by molar-refractivity contribution is 5.94. The van der Waals surface area contributed by atoms with E-state index in [9.17, 15) is 19.7 Å². The molecule has 0 unspecified atom stereocenters. The molecule has 1 saturated heterocycles. The Labute approximate surface area is 173 Å². The SMILES string of the molecule is COc1cc(C(C)=O)ccc1OCC(=O)N1CCN(c2ccccc2[N+](=O)[O-])CC1. The molecule has 9 nitrogen and oxygen atoms in total. The van der Waals surface area contributed by atoms with Crippen LogP contribution in [0.1, 0.15) is 17.3 Å². The lowest BCUT2D eigenvalue weighted by molar-refractivity contribution is -0.384. The first-order valence-corrected chi connectivity index (χ1v) is 9.48. The van der Waals surface area contributed by atoms with E-state index in [2.05, 4.69) is 0 Å². The Kier molecular flexibility index (Phi) is 6.51. The quantitative estimate of drug-likeness (QED) is 0.390. The molecule has 1 amide bonds. The van der Waals surface area contributed by atoms with Gasteiger partial charge in [0.15, 0.2) is 23.9 Å². The van der Waals surface area contributed by atoms with Crippen LogP contribution in [0.4, 0.5) is 11.4 Å². The van der Waals surface area contributed by atoms with Gasteiger partial charge in [0.1, 0.15) is 5.69 Å². The standard InChI is InChI=1S/C21H23N3O6/c1-15(25)16-7-8-19(20(13-16)29-2)30-14-21(26)23-11-9-22(10-12-23)17-5-3-4-6-18(17)24(27)28/h3-8,13H,9-12,14H2,1-2H3. The van der Waals surface area contributed by atoms with E-state index in [4.69, 9.17) is 9.47 Å². The van der Waals surface area contributed by atoms with Crippen LogP contribution in [0.3, 0.4) is 0 Å². The third-order valence-corrected chi connectivity index (χ3v) is 4.97. The van der Waals surface area contributed by atoms with Crippen molar-refractivity contribution in [2.45, 2.75) is 6.92 Å². The number of Topliss-reactive ketones (excluding diaryl/α,β-unsaturated/α-hetero) is 1.